The number of aromatic nitrogens is 2. The van der Waals surface area contributed by atoms with Crippen LogP contribution in [0.25, 0.3) is 0 Å². The lowest BCUT2D eigenvalue weighted by atomic mass is 9.99. The van der Waals surface area contributed by atoms with E-state index in [2.05, 4.69) is 33.2 Å². The number of likely N-dealkylation sites (tertiary alicyclic amines) is 1. The van der Waals surface area contributed by atoms with Gasteiger partial charge in [-0.25, -0.2) is 9.97 Å². The van der Waals surface area contributed by atoms with Crippen LogP contribution in [0.4, 0.5) is 17.3 Å². The van der Waals surface area contributed by atoms with E-state index in [1.54, 1.807) is 12.4 Å². The number of hydrogen-bond acceptors (Lipinski definition) is 6. The predicted molar refractivity (Wildman–Crippen MR) is 109 cm³/mol. The fourth-order valence-electron chi connectivity index (χ4n) is 3.68. The van der Waals surface area contributed by atoms with Gasteiger partial charge in [0.1, 0.15) is 0 Å². The molecular formula is C21H27N5O2. The highest BCUT2D eigenvalue weighted by Gasteiger charge is 2.22. The maximum absolute atomic E-state index is 12.6. The number of hydrogen-bond donors (Lipinski definition) is 1. The van der Waals surface area contributed by atoms with Crippen LogP contribution in [0.15, 0.2) is 36.7 Å². The number of nitrogens with one attached hydrogen (secondary N) is 1. The molecule has 2 aliphatic rings. The molecule has 1 N–H and O–H groups in total. The highest BCUT2D eigenvalue weighted by Crippen LogP contribution is 2.28. The Morgan fingerprint density at radius 2 is 1.75 bits per heavy atom. The Bertz CT molecular complexity index is 797. The maximum atomic E-state index is 12.6. The topological polar surface area (TPSA) is 70.6 Å². The molecule has 2 fully saturated rings. The van der Waals surface area contributed by atoms with E-state index in [0.29, 0.717) is 17.4 Å². The molecule has 0 atom stereocenters. The molecule has 0 saturated carbocycles. The van der Waals surface area contributed by atoms with Crippen molar-refractivity contribution >= 4 is 23.2 Å². The van der Waals surface area contributed by atoms with Gasteiger partial charge in [-0.1, -0.05) is 19.1 Å². The third kappa shape index (κ3) is 4.25. The normalized spacial score (nSPS) is 18.2. The average molecular weight is 381 g/mol. The molecule has 0 radical (unpaired) electrons. The number of anilines is 3. The Kier molecular flexibility index (Phi) is 5.71. The first-order valence-electron chi connectivity index (χ1n) is 10.0. The van der Waals surface area contributed by atoms with Gasteiger partial charge in [0.05, 0.1) is 30.2 Å². The first-order valence-corrected chi connectivity index (χ1v) is 10.0. The molecule has 1 aromatic heterocycles. The number of amides is 1. The van der Waals surface area contributed by atoms with Gasteiger partial charge in [-0.3, -0.25) is 4.79 Å². The van der Waals surface area contributed by atoms with Gasteiger partial charge in [0.15, 0.2) is 0 Å². The Labute approximate surface area is 165 Å². The lowest BCUT2D eigenvalue weighted by Gasteiger charge is -2.30. The van der Waals surface area contributed by atoms with Crippen LogP contribution in [0, 0.1) is 5.92 Å². The second-order valence-corrected chi connectivity index (χ2v) is 7.51. The predicted octanol–water partition coefficient (Wildman–Crippen LogP) is 2.93. The number of benzene rings is 1. The van der Waals surface area contributed by atoms with Gasteiger partial charge in [0, 0.05) is 38.6 Å². The van der Waals surface area contributed by atoms with Crippen molar-refractivity contribution < 1.29 is 9.53 Å². The molecule has 1 amide bonds. The van der Waals surface area contributed by atoms with Crippen molar-refractivity contribution in [3.63, 3.8) is 0 Å². The van der Waals surface area contributed by atoms with E-state index >= 15 is 0 Å². The minimum absolute atomic E-state index is 0.0205. The highest BCUT2D eigenvalue weighted by molar-refractivity contribution is 5.93. The van der Waals surface area contributed by atoms with E-state index in [1.807, 2.05) is 23.1 Å². The number of carbonyl (C=O) groups is 1. The van der Waals surface area contributed by atoms with E-state index < -0.39 is 0 Å². The van der Waals surface area contributed by atoms with Crippen molar-refractivity contribution in [1.29, 1.82) is 0 Å². The van der Waals surface area contributed by atoms with Crippen LogP contribution in [0.5, 0.6) is 0 Å². The lowest BCUT2D eigenvalue weighted by molar-refractivity contribution is 0.0696. The molecular weight excluding hydrogens is 354 g/mol. The molecule has 3 heterocycles. The summed E-state index contributed by atoms with van der Waals surface area (Å²) in [6, 6.07) is 8.12. The maximum Gasteiger partial charge on any atom is 0.256 e. The van der Waals surface area contributed by atoms with Gasteiger partial charge in [-0.05, 0) is 30.9 Å². The van der Waals surface area contributed by atoms with Crippen molar-refractivity contribution in [2.75, 3.05) is 49.6 Å². The Balaban J connectivity index is 1.44. The third-order valence-corrected chi connectivity index (χ3v) is 5.47. The van der Waals surface area contributed by atoms with Crippen LogP contribution in [0.3, 0.4) is 0 Å². The number of morpholine rings is 1. The number of piperidine rings is 1. The van der Waals surface area contributed by atoms with E-state index in [4.69, 9.17) is 4.74 Å². The molecule has 1 aromatic carbocycles. The van der Waals surface area contributed by atoms with E-state index in [1.165, 1.54) is 0 Å². The Hall–Kier alpha value is -2.67. The minimum Gasteiger partial charge on any atom is -0.378 e. The van der Waals surface area contributed by atoms with Crippen LogP contribution < -0.4 is 10.2 Å². The summed E-state index contributed by atoms with van der Waals surface area (Å²) in [5.41, 5.74) is 2.60. The fraction of sp³-hybridized carbons (Fsp3) is 0.476. The summed E-state index contributed by atoms with van der Waals surface area (Å²) >= 11 is 0. The van der Waals surface area contributed by atoms with E-state index in [0.717, 1.165) is 63.6 Å². The van der Waals surface area contributed by atoms with E-state index in [-0.39, 0.29) is 5.91 Å². The second kappa shape index (κ2) is 8.56. The fourth-order valence-corrected chi connectivity index (χ4v) is 3.68. The van der Waals surface area contributed by atoms with Crippen molar-refractivity contribution in [2.24, 2.45) is 5.92 Å². The van der Waals surface area contributed by atoms with Crippen LogP contribution in [0.1, 0.15) is 30.1 Å². The molecule has 2 aliphatic heterocycles. The minimum atomic E-state index is 0.0205. The van der Waals surface area contributed by atoms with Crippen LogP contribution in [0.2, 0.25) is 0 Å². The van der Waals surface area contributed by atoms with Gasteiger partial charge in [0.2, 0.25) is 5.95 Å². The number of ether oxygens (including phenoxy) is 1. The Morgan fingerprint density at radius 1 is 1.07 bits per heavy atom. The van der Waals surface area contributed by atoms with Crippen molar-refractivity contribution in [3.8, 4) is 0 Å². The molecule has 2 aromatic rings. The standard InChI is InChI=1S/C21H27N5O2/c1-16-6-8-26(9-7-16)20(27)17-14-22-21(23-15-17)24-18-4-2-3-5-19(18)25-10-12-28-13-11-25/h2-5,14-16H,6-13H2,1H3,(H,22,23,24). The molecule has 0 spiro atoms. The van der Waals surface area contributed by atoms with E-state index in [9.17, 15) is 4.79 Å². The SMILES string of the molecule is CC1CCN(C(=O)c2cnc(Nc3ccccc3N3CCOCC3)nc2)CC1. The molecule has 7 nitrogen and oxygen atoms in total. The van der Waals surface area contributed by atoms with Crippen LogP contribution in [-0.2, 0) is 4.74 Å². The van der Waals surface area contributed by atoms with Gasteiger partial charge in [-0.15, -0.1) is 0 Å². The Morgan fingerprint density at radius 3 is 2.46 bits per heavy atom. The quantitative estimate of drug-likeness (QED) is 0.878. The third-order valence-electron chi connectivity index (χ3n) is 5.47. The lowest BCUT2D eigenvalue weighted by Crippen LogP contribution is -2.38. The average Bonchev–Trinajstić information content (AvgIpc) is 2.75. The molecule has 0 bridgehead atoms. The summed E-state index contributed by atoms with van der Waals surface area (Å²) in [6.07, 6.45) is 5.36. The molecule has 0 unspecified atom stereocenters. The van der Waals surface area contributed by atoms with Crippen molar-refractivity contribution in [1.82, 2.24) is 14.9 Å². The summed E-state index contributed by atoms with van der Waals surface area (Å²) in [7, 11) is 0. The summed E-state index contributed by atoms with van der Waals surface area (Å²) in [6.45, 7) is 7.05. The first kappa shape index (κ1) is 18.7. The van der Waals surface area contributed by atoms with Gasteiger partial charge >= 0.3 is 0 Å². The molecule has 28 heavy (non-hydrogen) atoms. The molecule has 4 rings (SSSR count). The van der Waals surface area contributed by atoms with Crippen molar-refractivity contribution in [3.05, 3.63) is 42.2 Å². The molecule has 148 valence electrons. The largest absolute Gasteiger partial charge is 0.378 e. The summed E-state index contributed by atoms with van der Waals surface area (Å²) in [5, 5.41) is 3.29. The van der Waals surface area contributed by atoms with Gasteiger partial charge in [-0.2, -0.15) is 0 Å². The van der Waals surface area contributed by atoms with Gasteiger partial charge in [0.25, 0.3) is 5.91 Å². The number of nitrogens with zero attached hydrogens (tertiary/aromatic N) is 4. The van der Waals surface area contributed by atoms with Gasteiger partial charge < -0.3 is 19.9 Å². The molecule has 7 heteroatoms. The molecule has 0 aliphatic carbocycles. The monoisotopic (exact) mass is 381 g/mol. The zero-order valence-corrected chi connectivity index (χ0v) is 16.3. The first-order chi connectivity index (χ1) is 13.7. The zero-order valence-electron chi connectivity index (χ0n) is 16.3. The molecule has 2 saturated heterocycles. The highest BCUT2D eigenvalue weighted by atomic mass is 16.5. The van der Waals surface area contributed by atoms with Crippen molar-refractivity contribution in [2.45, 2.75) is 19.8 Å². The summed E-state index contributed by atoms with van der Waals surface area (Å²) in [4.78, 5) is 25.6. The summed E-state index contributed by atoms with van der Waals surface area (Å²) < 4.78 is 5.45. The number of rotatable bonds is 4. The number of carbonyl (C=O) groups excluding carboxylic acids is 1. The number of para-hydroxylation sites is 2. The van der Waals surface area contributed by atoms with Crippen LogP contribution in [-0.4, -0.2) is 60.2 Å². The van der Waals surface area contributed by atoms with Crippen LogP contribution >= 0.6 is 0 Å². The summed E-state index contributed by atoms with van der Waals surface area (Å²) in [5.74, 6) is 1.20. The zero-order chi connectivity index (χ0) is 19.3. The second-order valence-electron chi connectivity index (χ2n) is 7.51. The smallest absolute Gasteiger partial charge is 0.256 e.